The molecule has 0 saturated carbocycles. The number of amides is 4. The van der Waals surface area contributed by atoms with E-state index in [1.165, 1.54) is 21.0 Å². The lowest BCUT2D eigenvalue weighted by molar-refractivity contribution is -0.159. The van der Waals surface area contributed by atoms with E-state index >= 15 is 0 Å². The zero-order valence-corrected chi connectivity index (χ0v) is 19.4. The molecule has 0 unspecified atom stereocenters. The molecule has 35 heavy (non-hydrogen) atoms. The second-order valence-electron chi connectivity index (χ2n) is 9.15. The molecule has 1 aromatic heterocycles. The van der Waals surface area contributed by atoms with Gasteiger partial charge in [0.1, 0.15) is 5.56 Å². The highest BCUT2D eigenvalue weighted by Crippen LogP contribution is 2.49. The van der Waals surface area contributed by atoms with Gasteiger partial charge in [0.05, 0.1) is 17.4 Å². The molecule has 4 heterocycles. The predicted molar refractivity (Wildman–Crippen MR) is 125 cm³/mol. The molecule has 1 spiro atoms. The normalized spacial score (nSPS) is 21.6. The number of carbonyl (C=O) groups excluding carboxylic acids is 3. The number of imide groups is 2. The Morgan fingerprint density at radius 3 is 2.43 bits per heavy atom. The molecule has 0 bridgehead atoms. The van der Waals surface area contributed by atoms with Gasteiger partial charge in [0, 0.05) is 26.3 Å². The number of aromatic hydroxyl groups is 1. The summed E-state index contributed by atoms with van der Waals surface area (Å²) in [7, 11) is 2.78. The fourth-order valence-corrected chi connectivity index (χ4v) is 5.63. The van der Waals surface area contributed by atoms with Gasteiger partial charge in [-0.3, -0.25) is 39.1 Å². The summed E-state index contributed by atoms with van der Waals surface area (Å²) in [6.45, 7) is 2.19. The molecule has 0 aliphatic carbocycles. The molecule has 1 atom stereocenters. The molecule has 2 aromatic rings. The summed E-state index contributed by atoms with van der Waals surface area (Å²) in [4.78, 5) is 75.6. The lowest BCUT2D eigenvalue weighted by atomic mass is 9.68. The van der Waals surface area contributed by atoms with Crippen molar-refractivity contribution < 1.29 is 19.5 Å². The highest BCUT2D eigenvalue weighted by molar-refractivity contribution is 6.20. The molecule has 12 heteroatoms. The van der Waals surface area contributed by atoms with Crippen LogP contribution in [0.1, 0.15) is 30.9 Å². The first kappa shape index (κ1) is 22.6. The van der Waals surface area contributed by atoms with Gasteiger partial charge < -0.3 is 10.0 Å². The van der Waals surface area contributed by atoms with Crippen LogP contribution in [0.2, 0.25) is 0 Å². The Bertz CT molecular complexity index is 1410. The van der Waals surface area contributed by atoms with Crippen LogP contribution >= 0.6 is 0 Å². The first-order chi connectivity index (χ1) is 16.6. The van der Waals surface area contributed by atoms with Crippen molar-refractivity contribution in [1.29, 1.82) is 0 Å². The summed E-state index contributed by atoms with van der Waals surface area (Å²) in [6, 6.07) is 4.34. The van der Waals surface area contributed by atoms with Crippen LogP contribution in [0, 0.1) is 5.41 Å². The number of H-pyrrole nitrogens is 2. The number of rotatable bonds is 2. The van der Waals surface area contributed by atoms with Crippen LogP contribution in [0.5, 0.6) is 5.88 Å². The Hall–Kier alpha value is -4.22. The fourth-order valence-electron chi connectivity index (χ4n) is 5.63. The molecular formula is C23H24N6O6. The fraction of sp³-hybridized carbons (Fsp3) is 0.391. The van der Waals surface area contributed by atoms with Crippen LogP contribution < -0.4 is 16.1 Å². The second kappa shape index (κ2) is 7.65. The number of hydrogen-bond acceptors (Lipinski definition) is 8. The number of urea groups is 1. The number of benzene rings is 1. The summed E-state index contributed by atoms with van der Waals surface area (Å²) < 4.78 is 0. The Morgan fingerprint density at radius 2 is 1.77 bits per heavy atom. The zero-order chi connectivity index (χ0) is 25.2. The smallest absolute Gasteiger partial charge is 0.332 e. The monoisotopic (exact) mass is 480 g/mol. The first-order valence-electron chi connectivity index (χ1n) is 11.2. The number of fused-ring (bicyclic) bond motifs is 4. The molecule has 2 fully saturated rings. The van der Waals surface area contributed by atoms with E-state index in [0.29, 0.717) is 18.7 Å². The van der Waals surface area contributed by atoms with Crippen LogP contribution in [0.25, 0.3) is 0 Å². The van der Waals surface area contributed by atoms with E-state index in [2.05, 4.69) is 19.9 Å². The topological polar surface area (TPSA) is 159 Å². The van der Waals surface area contributed by atoms with Crippen molar-refractivity contribution in [2.24, 2.45) is 10.4 Å². The van der Waals surface area contributed by atoms with Crippen molar-refractivity contribution in [3.05, 3.63) is 50.2 Å². The number of anilines is 1. The first-order valence-corrected chi connectivity index (χ1v) is 11.2. The Morgan fingerprint density at radius 1 is 1.09 bits per heavy atom. The predicted octanol–water partition coefficient (Wildman–Crippen LogP) is 0.471. The molecular weight excluding hydrogens is 456 g/mol. The molecule has 3 aliphatic rings. The minimum Gasteiger partial charge on any atom is -0.494 e. The van der Waals surface area contributed by atoms with Gasteiger partial charge in [-0.05, 0) is 49.9 Å². The van der Waals surface area contributed by atoms with Crippen LogP contribution in [0.4, 0.5) is 16.2 Å². The van der Waals surface area contributed by atoms with Crippen LogP contribution in [-0.2, 0) is 16.0 Å². The number of aromatic amines is 2. The summed E-state index contributed by atoms with van der Waals surface area (Å²) in [5.41, 5.74) is -0.995. The van der Waals surface area contributed by atoms with Crippen LogP contribution in [-0.4, -0.2) is 75.1 Å². The molecule has 3 N–H and O–H groups in total. The van der Waals surface area contributed by atoms with Crippen molar-refractivity contribution in [1.82, 2.24) is 19.8 Å². The average molecular weight is 480 g/mol. The van der Waals surface area contributed by atoms with E-state index in [4.69, 9.17) is 0 Å². The summed E-state index contributed by atoms with van der Waals surface area (Å²) in [6.07, 6.45) is 1.57. The highest BCUT2D eigenvalue weighted by Gasteiger charge is 2.63. The number of nitrogens with zero attached hydrogens (tertiary/aromatic N) is 4. The molecule has 4 amide bonds. The van der Waals surface area contributed by atoms with Gasteiger partial charge in [0.15, 0.2) is 5.41 Å². The largest absolute Gasteiger partial charge is 0.494 e. The van der Waals surface area contributed by atoms with Crippen molar-refractivity contribution in [2.75, 3.05) is 25.5 Å². The summed E-state index contributed by atoms with van der Waals surface area (Å²) in [5, 5.41) is 10.0. The van der Waals surface area contributed by atoms with E-state index in [-0.39, 0.29) is 23.7 Å². The number of aromatic nitrogens is 2. The van der Waals surface area contributed by atoms with E-state index in [1.807, 2.05) is 6.07 Å². The third kappa shape index (κ3) is 3.12. The quantitative estimate of drug-likeness (QED) is 0.416. The Kier molecular flexibility index (Phi) is 4.93. The summed E-state index contributed by atoms with van der Waals surface area (Å²) >= 11 is 0. The average Bonchev–Trinajstić information content (AvgIpc) is 3.30. The zero-order valence-electron chi connectivity index (χ0n) is 19.4. The van der Waals surface area contributed by atoms with Crippen molar-refractivity contribution in [3.8, 4) is 5.88 Å². The minimum absolute atomic E-state index is 0.107. The van der Waals surface area contributed by atoms with E-state index in [9.17, 15) is 29.1 Å². The van der Waals surface area contributed by atoms with Gasteiger partial charge >= 0.3 is 11.7 Å². The molecule has 1 aromatic carbocycles. The molecule has 182 valence electrons. The Balaban J connectivity index is 1.61. The van der Waals surface area contributed by atoms with Crippen molar-refractivity contribution in [2.45, 2.75) is 32.2 Å². The number of nitrogens with one attached hydrogen (secondary N) is 2. The number of barbiturate groups is 1. The second-order valence-corrected chi connectivity index (χ2v) is 9.15. The molecule has 3 aliphatic heterocycles. The van der Waals surface area contributed by atoms with Gasteiger partial charge in [0.25, 0.3) is 5.56 Å². The van der Waals surface area contributed by atoms with E-state index in [1.54, 1.807) is 12.1 Å². The number of hydrogen-bond donors (Lipinski definition) is 3. The van der Waals surface area contributed by atoms with Crippen LogP contribution in [0.15, 0.2) is 32.8 Å². The van der Waals surface area contributed by atoms with Crippen molar-refractivity contribution in [3.63, 3.8) is 0 Å². The molecule has 2 saturated heterocycles. The lowest BCUT2D eigenvalue weighted by Crippen LogP contribution is -2.70. The molecule has 5 rings (SSSR count). The third-order valence-electron chi connectivity index (χ3n) is 7.19. The lowest BCUT2D eigenvalue weighted by Gasteiger charge is -2.50. The van der Waals surface area contributed by atoms with Gasteiger partial charge in [-0.2, -0.15) is 0 Å². The number of aliphatic imine (C=N–C) groups is 1. The molecule has 12 nitrogen and oxygen atoms in total. The van der Waals surface area contributed by atoms with Gasteiger partial charge in [0.2, 0.25) is 17.7 Å². The standard InChI is InChI=1S/C23H24N6O6/c1-11(16-17(30)25-21(34)26-18(16)31)24-13-6-7-14-12(9-13)10-23(15-5-4-8-29(14)15)19(32)27(2)22(35)28(3)20(23)33/h6-7,9,15H,4-5,8,10H2,1-3H3,(H3,25,26,30,31,34)/t15-/m1/s1. The van der Waals surface area contributed by atoms with Crippen LogP contribution in [0.3, 0.4) is 0 Å². The highest BCUT2D eigenvalue weighted by atomic mass is 16.3. The SMILES string of the molecule is CC(=Nc1ccc2c(c1)CC1(C(=O)N(C)C(=O)N(C)C1=O)[C@H]1CCCN21)c1c(O)[nH]c(=O)[nH]c1=O. The third-order valence-corrected chi connectivity index (χ3v) is 7.19. The maximum Gasteiger partial charge on any atom is 0.332 e. The maximum absolute atomic E-state index is 13.5. The van der Waals surface area contributed by atoms with Crippen molar-refractivity contribution >= 4 is 34.9 Å². The van der Waals surface area contributed by atoms with E-state index in [0.717, 1.165) is 27.5 Å². The van der Waals surface area contributed by atoms with Gasteiger partial charge in [-0.15, -0.1) is 0 Å². The Labute approximate surface area is 198 Å². The van der Waals surface area contributed by atoms with E-state index < -0.39 is 40.4 Å². The van der Waals surface area contributed by atoms with Gasteiger partial charge in [-0.25, -0.2) is 9.59 Å². The van der Waals surface area contributed by atoms with Gasteiger partial charge in [-0.1, -0.05) is 0 Å². The summed E-state index contributed by atoms with van der Waals surface area (Å²) in [5.74, 6) is -1.61. The maximum atomic E-state index is 13.5. The number of carbonyl (C=O) groups is 3. The molecule has 0 radical (unpaired) electrons. The minimum atomic E-state index is -1.42.